The normalized spacial score (nSPS) is 10.5. The van der Waals surface area contributed by atoms with Crippen molar-refractivity contribution < 1.29 is 24.6 Å². The summed E-state index contributed by atoms with van der Waals surface area (Å²) in [6, 6.07) is 5.22. The van der Waals surface area contributed by atoms with Crippen LogP contribution in [0.1, 0.15) is 58.9 Å². The first-order chi connectivity index (χ1) is 11.1. The van der Waals surface area contributed by atoms with Gasteiger partial charge in [0.2, 0.25) is 0 Å². The van der Waals surface area contributed by atoms with Crippen LogP contribution in [0.5, 0.6) is 0 Å². The van der Waals surface area contributed by atoms with Gasteiger partial charge < -0.3 is 10.2 Å². The Kier molecular flexibility index (Phi) is 4.55. The molecule has 2 rings (SSSR count). The molecule has 0 bridgehead atoms. The first-order valence-corrected chi connectivity index (χ1v) is 7.37. The number of benzene rings is 2. The van der Waals surface area contributed by atoms with Gasteiger partial charge in [-0.1, -0.05) is 0 Å². The van der Waals surface area contributed by atoms with E-state index in [4.69, 9.17) is 10.2 Å². The van der Waals surface area contributed by atoms with Crippen molar-refractivity contribution in [1.29, 1.82) is 0 Å². The second-order valence-electron chi connectivity index (χ2n) is 5.85. The number of aromatic carboxylic acids is 2. The molecule has 0 aromatic heterocycles. The zero-order valence-corrected chi connectivity index (χ0v) is 13.9. The number of hydrogen-bond donors (Lipinski definition) is 2. The molecular formula is C19H18O5. The highest BCUT2D eigenvalue weighted by molar-refractivity contribution is 6.12. The van der Waals surface area contributed by atoms with Gasteiger partial charge in [0.05, 0.1) is 11.1 Å². The minimum atomic E-state index is -1.28. The molecule has 0 aliphatic rings. The van der Waals surface area contributed by atoms with Crippen LogP contribution >= 0.6 is 0 Å². The van der Waals surface area contributed by atoms with E-state index in [1.165, 1.54) is 12.1 Å². The van der Waals surface area contributed by atoms with E-state index in [0.717, 1.165) is 28.3 Å². The van der Waals surface area contributed by atoms with Crippen LogP contribution in [0.25, 0.3) is 0 Å². The lowest BCUT2D eigenvalue weighted by Gasteiger charge is -2.14. The molecule has 2 aromatic rings. The van der Waals surface area contributed by atoms with Crippen molar-refractivity contribution in [3.8, 4) is 0 Å². The molecule has 5 nitrogen and oxygen atoms in total. The molecule has 0 saturated carbocycles. The molecular weight excluding hydrogens is 308 g/mol. The number of carbonyl (C=O) groups excluding carboxylic acids is 1. The fourth-order valence-electron chi connectivity index (χ4n) is 2.61. The summed E-state index contributed by atoms with van der Waals surface area (Å²) in [5.41, 5.74) is 3.90. The summed E-state index contributed by atoms with van der Waals surface area (Å²) in [7, 11) is 0. The van der Waals surface area contributed by atoms with Crippen LogP contribution < -0.4 is 0 Å². The Bertz CT molecular complexity index is 846. The zero-order valence-electron chi connectivity index (χ0n) is 13.9. The Balaban J connectivity index is 2.66. The lowest BCUT2D eigenvalue weighted by molar-refractivity contribution is 0.0696. The van der Waals surface area contributed by atoms with E-state index < -0.39 is 11.9 Å². The average Bonchev–Trinajstić information content (AvgIpc) is 2.55. The van der Waals surface area contributed by atoms with Crippen LogP contribution in [0.4, 0.5) is 0 Å². The summed E-state index contributed by atoms with van der Waals surface area (Å²) >= 11 is 0. The van der Waals surface area contributed by atoms with Gasteiger partial charge in [-0.25, -0.2) is 9.59 Å². The molecule has 0 fully saturated rings. The molecule has 0 spiro atoms. The van der Waals surface area contributed by atoms with E-state index in [1.54, 1.807) is 6.07 Å². The van der Waals surface area contributed by atoms with Gasteiger partial charge in [0.15, 0.2) is 5.78 Å². The second-order valence-corrected chi connectivity index (χ2v) is 5.85. The lowest BCUT2D eigenvalue weighted by Crippen LogP contribution is -2.11. The molecule has 5 heteroatoms. The van der Waals surface area contributed by atoms with E-state index in [1.807, 2.05) is 27.7 Å². The summed E-state index contributed by atoms with van der Waals surface area (Å²) in [5.74, 6) is -2.94. The maximum absolute atomic E-state index is 12.8. The Morgan fingerprint density at radius 1 is 0.667 bits per heavy atom. The van der Waals surface area contributed by atoms with Crippen LogP contribution in [-0.4, -0.2) is 27.9 Å². The van der Waals surface area contributed by atoms with Crippen molar-refractivity contribution in [1.82, 2.24) is 0 Å². The molecule has 0 aliphatic carbocycles. The third-order valence-corrected chi connectivity index (χ3v) is 4.42. The van der Waals surface area contributed by atoms with Crippen LogP contribution in [-0.2, 0) is 0 Å². The SMILES string of the molecule is Cc1cc(C(=O)c2cc(C(=O)O)cc(C(=O)O)c2)c(C)c(C)c1C. The molecule has 124 valence electrons. The minimum absolute atomic E-state index is 0.0538. The molecule has 0 aliphatic heterocycles. The fourth-order valence-corrected chi connectivity index (χ4v) is 2.61. The lowest BCUT2D eigenvalue weighted by atomic mass is 9.89. The topological polar surface area (TPSA) is 91.7 Å². The third-order valence-electron chi connectivity index (χ3n) is 4.42. The van der Waals surface area contributed by atoms with Crippen molar-refractivity contribution in [3.63, 3.8) is 0 Å². The largest absolute Gasteiger partial charge is 0.478 e. The summed E-state index contributed by atoms with van der Waals surface area (Å²) in [4.78, 5) is 35.3. The molecule has 0 amide bonds. The predicted molar refractivity (Wildman–Crippen MR) is 89.2 cm³/mol. The smallest absolute Gasteiger partial charge is 0.335 e. The maximum Gasteiger partial charge on any atom is 0.335 e. The van der Waals surface area contributed by atoms with Gasteiger partial charge in [0.1, 0.15) is 0 Å². The highest BCUT2D eigenvalue weighted by atomic mass is 16.4. The second kappa shape index (κ2) is 6.28. The predicted octanol–water partition coefficient (Wildman–Crippen LogP) is 3.55. The average molecular weight is 326 g/mol. The van der Waals surface area contributed by atoms with Gasteiger partial charge in [-0.3, -0.25) is 4.79 Å². The monoisotopic (exact) mass is 326 g/mol. The van der Waals surface area contributed by atoms with E-state index >= 15 is 0 Å². The number of carboxylic acid groups (broad SMARTS) is 2. The third kappa shape index (κ3) is 3.06. The molecule has 24 heavy (non-hydrogen) atoms. The quantitative estimate of drug-likeness (QED) is 0.838. The summed E-state index contributed by atoms with van der Waals surface area (Å²) < 4.78 is 0. The number of aryl methyl sites for hydroxylation is 1. The molecule has 2 aromatic carbocycles. The van der Waals surface area contributed by atoms with Crippen LogP contribution in [0.3, 0.4) is 0 Å². The number of carboxylic acids is 2. The van der Waals surface area contributed by atoms with Crippen LogP contribution in [0.15, 0.2) is 24.3 Å². The Hall–Kier alpha value is -2.95. The van der Waals surface area contributed by atoms with Gasteiger partial charge in [-0.2, -0.15) is 0 Å². The molecule has 0 unspecified atom stereocenters. The number of hydrogen-bond acceptors (Lipinski definition) is 3. The van der Waals surface area contributed by atoms with Crippen molar-refractivity contribution in [2.45, 2.75) is 27.7 Å². The van der Waals surface area contributed by atoms with E-state index in [2.05, 4.69) is 0 Å². The minimum Gasteiger partial charge on any atom is -0.478 e. The molecule has 2 N–H and O–H groups in total. The van der Waals surface area contributed by atoms with Gasteiger partial charge in [0, 0.05) is 11.1 Å². The molecule has 0 atom stereocenters. The van der Waals surface area contributed by atoms with Crippen molar-refractivity contribution in [2.24, 2.45) is 0 Å². The highest BCUT2D eigenvalue weighted by Crippen LogP contribution is 2.24. The van der Waals surface area contributed by atoms with Crippen molar-refractivity contribution >= 4 is 17.7 Å². The summed E-state index contributed by atoms with van der Waals surface area (Å²) in [5, 5.41) is 18.3. The van der Waals surface area contributed by atoms with Crippen LogP contribution in [0, 0.1) is 27.7 Å². The van der Waals surface area contributed by atoms with E-state index in [-0.39, 0.29) is 22.5 Å². The van der Waals surface area contributed by atoms with E-state index in [0.29, 0.717) is 5.56 Å². The molecule has 0 heterocycles. The van der Waals surface area contributed by atoms with Crippen molar-refractivity contribution in [3.05, 3.63) is 68.8 Å². The van der Waals surface area contributed by atoms with Gasteiger partial charge in [-0.05, 0) is 74.2 Å². The van der Waals surface area contributed by atoms with Crippen molar-refractivity contribution in [2.75, 3.05) is 0 Å². The number of rotatable bonds is 4. The highest BCUT2D eigenvalue weighted by Gasteiger charge is 2.19. The Labute approximate surface area is 139 Å². The van der Waals surface area contributed by atoms with Crippen LogP contribution in [0.2, 0.25) is 0 Å². The van der Waals surface area contributed by atoms with Gasteiger partial charge >= 0.3 is 11.9 Å². The number of carbonyl (C=O) groups is 3. The zero-order chi connectivity index (χ0) is 18.2. The summed E-state index contributed by atoms with van der Waals surface area (Å²) in [6.45, 7) is 7.62. The first-order valence-electron chi connectivity index (χ1n) is 7.37. The van der Waals surface area contributed by atoms with E-state index in [9.17, 15) is 14.4 Å². The standard InChI is InChI=1S/C19H18O5/c1-9-5-16(12(4)11(3)10(9)2)17(20)13-6-14(18(21)22)8-15(7-13)19(23)24/h5-8H,1-4H3,(H,21,22)(H,23,24). The van der Waals surface area contributed by atoms with Gasteiger partial charge in [-0.15, -0.1) is 0 Å². The number of ketones is 1. The Morgan fingerprint density at radius 2 is 1.12 bits per heavy atom. The first kappa shape index (κ1) is 17.4. The van der Waals surface area contributed by atoms with Gasteiger partial charge in [0.25, 0.3) is 0 Å². The Morgan fingerprint density at radius 3 is 1.58 bits per heavy atom. The molecule has 0 saturated heterocycles. The fraction of sp³-hybridized carbons (Fsp3) is 0.211. The summed E-state index contributed by atoms with van der Waals surface area (Å²) in [6.07, 6.45) is 0. The molecule has 0 radical (unpaired) electrons. The maximum atomic E-state index is 12.8.